The second-order valence-corrected chi connectivity index (χ2v) is 12.3. The van der Waals surface area contributed by atoms with E-state index < -0.39 is 28.5 Å². The summed E-state index contributed by atoms with van der Waals surface area (Å²) in [5, 5.41) is 2.81. The average molecular weight is 630 g/mol. The Morgan fingerprint density at radius 2 is 1.47 bits per heavy atom. The highest BCUT2D eigenvalue weighted by molar-refractivity contribution is 7.92. The zero-order chi connectivity index (χ0) is 32.4. The van der Waals surface area contributed by atoms with Gasteiger partial charge in [-0.1, -0.05) is 55.0 Å². The van der Waals surface area contributed by atoms with Crippen LogP contribution in [-0.4, -0.2) is 51.4 Å². The molecule has 4 aromatic rings. The molecule has 1 unspecified atom stereocenters. The molecule has 0 fully saturated rings. The van der Waals surface area contributed by atoms with Crippen molar-refractivity contribution in [2.75, 3.05) is 24.5 Å². The van der Waals surface area contributed by atoms with Crippen LogP contribution in [0.3, 0.4) is 0 Å². The first kappa shape index (κ1) is 33.1. The van der Waals surface area contributed by atoms with Gasteiger partial charge in [-0.25, -0.2) is 8.42 Å². The fourth-order valence-electron chi connectivity index (χ4n) is 4.85. The van der Waals surface area contributed by atoms with Gasteiger partial charge in [-0.15, -0.1) is 0 Å². The Morgan fingerprint density at radius 1 is 0.822 bits per heavy atom. The van der Waals surface area contributed by atoms with Gasteiger partial charge in [0, 0.05) is 13.1 Å². The van der Waals surface area contributed by atoms with Gasteiger partial charge < -0.3 is 19.7 Å². The minimum Gasteiger partial charge on any atom is -0.497 e. The number of para-hydroxylation sites is 1. The average Bonchev–Trinajstić information content (AvgIpc) is 3.04. The molecule has 0 heterocycles. The van der Waals surface area contributed by atoms with E-state index in [2.05, 4.69) is 5.32 Å². The first-order chi connectivity index (χ1) is 21.7. The van der Waals surface area contributed by atoms with Crippen LogP contribution in [0, 0.1) is 6.92 Å². The third-order valence-electron chi connectivity index (χ3n) is 7.22. The van der Waals surface area contributed by atoms with E-state index in [0.29, 0.717) is 30.2 Å². The first-order valence-corrected chi connectivity index (χ1v) is 16.2. The van der Waals surface area contributed by atoms with E-state index in [4.69, 9.17) is 9.47 Å². The summed E-state index contributed by atoms with van der Waals surface area (Å²) in [4.78, 5) is 28.8. The van der Waals surface area contributed by atoms with Crippen LogP contribution in [0.1, 0.15) is 31.4 Å². The summed E-state index contributed by atoms with van der Waals surface area (Å²) in [5.74, 6) is 0.898. The Hall–Kier alpha value is -4.83. The van der Waals surface area contributed by atoms with Crippen molar-refractivity contribution in [3.05, 3.63) is 114 Å². The molecular formula is C35H39N3O6S. The molecule has 4 aromatic carbocycles. The van der Waals surface area contributed by atoms with E-state index in [9.17, 15) is 18.0 Å². The number of benzene rings is 4. The molecule has 10 heteroatoms. The normalized spacial score (nSPS) is 11.7. The van der Waals surface area contributed by atoms with Crippen molar-refractivity contribution in [2.45, 2.75) is 44.7 Å². The number of methoxy groups -OCH3 is 1. The SMILES string of the molecule is CCNC(=O)C(CC)N(Cc1cccc(OC)c1)C(=O)CN(c1ccc(Oc2ccccc2)cc1)S(=O)(=O)c1ccc(C)cc1. The van der Waals surface area contributed by atoms with Crippen LogP contribution in [0.15, 0.2) is 108 Å². The highest BCUT2D eigenvalue weighted by Gasteiger charge is 2.33. The van der Waals surface area contributed by atoms with Crippen molar-refractivity contribution in [1.29, 1.82) is 0 Å². The number of hydrogen-bond donors (Lipinski definition) is 1. The maximum Gasteiger partial charge on any atom is 0.264 e. The molecule has 0 aliphatic rings. The molecule has 45 heavy (non-hydrogen) atoms. The lowest BCUT2D eigenvalue weighted by Crippen LogP contribution is -2.52. The van der Waals surface area contributed by atoms with Crippen LogP contribution < -0.4 is 19.1 Å². The van der Waals surface area contributed by atoms with E-state index >= 15 is 0 Å². The monoisotopic (exact) mass is 629 g/mol. The number of anilines is 1. The van der Waals surface area contributed by atoms with Crippen molar-refractivity contribution in [3.8, 4) is 17.2 Å². The molecule has 4 rings (SSSR count). The van der Waals surface area contributed by atoms with Gasteiger partial charge in [0.05, 0.1) is 17.7 Å². The van der Waals surface area contributed by atoms with E-state index in [-0.39, 0.29) is 23.0 Å². The third-order valence-corrected chi connectivity index (χ3v) is 9.00. The quantitative estimate of drug-likeness (QED) is 0.185. The number of carbonyl (C=O) groups excluding carboxylic acids is 2. The number of carbonyl (C=O) groups is 2. The number of hydrogen-bond acceptors (Lipinski definition) is 6. The van der Waals surface area contributed by atoms with Gasteiger partial charge in [-0.2, -0.15) is 0 Å². The molecule has 0 aliphatic heterocycles. The van der Waals surface area contributed by atoms with Crippen molar-refractivity contribution >= 4 is 27.5 Å². The molecule has 0 aromatic heterocycles. The summed E-state index contributed by atoms with van der Waals surface area (Å²) in [7, 11) is -2.64. The standard InChI is InChI=1S/C35H39N3O6S/c1-5-33(35(40)36-6-2)37(24-27-11-10-14-31(23-27)43-4)34(39)25-38(45(41,42)32-21-15-26(3)16-22-32)28-17-19-30(20-18-28)44-29-12-8-7-9-13-29/h7-23,33H,5-6,24-25H2,1-4H3,(H,36,40). The Balaban J connectivity index is 1.73. The van der Waals surface area contributed by atoms with Crippen LogP contribution in [0.4, 0.5) is 5.69 Å². The number of nitrogens with one attached hydrogen (secondary N) is 1. The lowest BCUT2D eigenvalue weighted by molar-refractivity contribution is -0.140. The molecule has 0 saturated heterocycles. The first-order valence-electron chi connectivity index (χ1n) is 14.8. The third kappa shape index (κ3) is 8.42. The number of amides is 2. The fourth-order valence-corrected chi connectivity index (χ4v) is 6.26. The van der Waals surface area contributed by atoms with Crippen LogP contribution in [0.2, 0.25) is 0 Å². The maximum atomic E-state index is 14.2. The van der Waals surface area contributed by atoms with Gasteiger partial charge in [0.1, 0.15) is 29.8 Å². The largest absolute Gasteiger partial charge is 0.497 e. The summed E-state index contributed by atoms with van der Waals surface area (Å²) < 4.78 is 40.6. The lowest BCUT2D eigenvalue weighted by atomic mass is 10.1. The van der Waals surface area contributed by atoms with Crippen LogP contribution in [-0.2, 0) is 26.2 Å². The zero-order valence-electron chi connectivity index (χ0n) is 26.0. The van der Waals surface area contributed by atoms with E-state index in [0.717, 1.165) is 15.4 Å². The Bertz CT molecular complexity index is 1680. The Kier molecular flexibility index (Phi) is 11.2. The number of likely N-dealkylation sites (N-methyl/N-ethyl adjacent to an activating group) is 1. The van der Waals surface area contributed by atoms with Crippen molar-refractivity contribution < 1.29 is 27.5 Å². The van der Waals surface area contributed by atoms with Gasteiger partial charge in [0.15, 0.2) is 0 Å². The topological polar surface area (TPSA) is 105 Å². The second-order valence-electron chi connectivity index (χ2n) is 10.4. The van der Waals surface area contributed by atoms with Gasteiger partial charge in [-0.3, -0.25) is 13.9 Å². The molecule has 2 amide bonds. The number of rotatable bonds is 14. The lowest BCUT2D eigenvalue weighted by Gasteiger charge is -2.33. The molecule has 9 nitrogen and oxygen atoms in total. The Labute approximate surface area is 265 Å². The molecule has 236 valence electrons. The maximum absolute atomic E-state index is 14.2. The highest BCUT2D eigenvalue weighted by Crippen LogP contribution is 2.29. The second kappa shape index (κ2) is 15.3. The molecule has 0 aliphatic carbocycles. The smallest absolute Gasteiger partial charge is 0.264 e. The molecule has 0 saturated carbocycles. The van der Waals surface area contributed by atoms with Gasteiger partial charge in [0.2, 0.25) is 11.8 Å². The minimum atomic E-state index is -4.19. The molecule has 0 radical (unpaired) electrons. The summed E-state index contributed by atoms with van der Waals surface area (Å²) in [6.07, 6.45) is 0.331. The summed E-state index contributed by atoms with van der Waals surface area (Å²) in [6.45, 7) is 5.43. The molecule has 1 N–H and O–H groups in total. The predicted molar refractivity (Wildman–Crippen MR) is 175 cm³/mol. The van der Waals surface area contributed by atoms with E-state index in [1.165, 1.54) is 17.0 Å². The Morgan fingerprint density at radius 3 is 2.09 bits per heavy atom. The molecule has 0 bridgehead atoms. The summed E-state index contributed by atoms with van der Waals surface area (Å²) in [5.41, 5.74) is 1.91. The zero-order valence-corrected chi connectivity index (χ0v) is 26.8. The van der Waals surface area contributed by atoms with Crippen LogP contribution in [0.25, 0.3) is 0 Å². The van der Waals surface area contributed by atoms with Crippen molar-refractivity contribution in [1.82, 2.24) is 10.2 Å². The molecular weight excluding hydrogens is 590 g/mol. The summed E-state index contributed by atoms with van der Waals surface area (Å²) in [6, 6.07) is 28.6. The van der Waals surface area contributed by atoms with Gasteiger partial charge >= 0.3 is 0 Å². The highest BCUT2D eigenvalue weighted by atomic mass is 32.2. The van der Waals surface area contributed by atoms with Gasteiger partial charge in [0.25, 0.3) is 10.0 Å². The summed E-state index contributed by atoms with van der Waals surface area (Å²) >= 11 is 0. The predicted octanol–water partition coefficient (Wildman–Crippen LogP) is 5.93. The van der Waals surface area contributed by atoms with Crippen molar-refractivity contribution in [3.63, 3.8) is 0 Å². The van der Waals surface area contributed by atoms with E-state index in [1.54, 1.807) is 68.6 Å². The van der Waals surface area contributed by atoms with Gasteiger partial charge in [-0.05, 0) is 86.5 Å². The van der Waals surface area contributed by atoms with Crippen LogP contribution in [0.5, 0.6) is 17.2 Å². The molecule has 1 atom stereocenters. The fraction of sp³-hybridized carbons (Fsp3) is 0.257. The number of aryl methyl sites for hydroxylation is 1. The number of sulfonamides is 1. The molecule has 0 spiro atoms. The number of nitrogens with zero attached hydrogens (tertiary/aromatic N) is 2. The number of ether oxygens (including phenoxy) is 2. The van der Waals surface area contributed by atoms with Crippen molar-refractivity contribution in [2.24, 2.45) is 0 Å². The van der Waals surface area contributed by atoms with E-state index in [1.807, 2.05) is 50.2 Å². The van der Waals surface area contributed by atoms with Crippen LogP contribution >= 0.6 is 0 Å². The minimum absolute atomic E-state index is 0.0422.